The molecule has 0 aliphatic heterocycles. The van der Waals surface area contributed by atoms with Crippen LogP contribution in [0.2, 0.25) is 0 Å². The highest BCUT2D eigenvalue weighted by Crippen LogP contribution is 2.30. The van der Waals surface area contributed by atoms with Crippen molar-refractivity contribution in [2.45, 2.75) is 11.5 Å². The Balaban J connectivity index is 1.98. The molecule has 0 unspecified atom stereocenters. The average Bonchev–Trinajstić information content (AvgIpc) is 2.72. The lowest BCUT2D eigenvalue weighted by Crippen LogP contribution is -2.33. The molecule has 0 bridgehead atoms. The molecule has 2 aromatic rings. The number of carbonyl (C=O) groups excluding carboxylic acids is 2. The van der Waals surface area contributed by atoms with Crippen molar-refractivity contribution < 1.29 is 27.8 Å². The van der Waals surface area contributed by atoms with Crippen LogP contribution in [-0.2, 0) is 9.59 Å². The van der Waals surface area contributed by atoms with Crippen LogP contribution in [0.5, 0.6) is 11.5 Å². The van der Waals surface area contributed by atoms with Gasteiger partial charge in [-0.25, -0.2) is 0 Å². The van der Waals surface area contributed by atoms with Crippen molar-refractivity contribution >= 4 is 35.3 Å². The van der Waals surface area contributed by atoms with Crippen molar-refractivity contribution in [3.63, 3.8) is 0 Å². The van der Waals surface area contributed by atoms with E-state index in [1.165, 1.54) is 61.2 Å². The second-order valence-electron chi connectivity index (χ2n) is 6.06. The van der Waals surface area contributed by atoms with Gasteiger partial charge in [0.2, 0.25) is 11.8 Å². The quantitative estimate of drug-likeness (QED) is 0.473. The van der Waals surface area contributed by atoms with Gasteiger partial charge >= 0.3 is 6.61 Å². The summed E-state index contributed by atoms with van der Waals surface area (Å²) < 4.78 is 34.2. The Bertz CT molecular complexity index is 922. The smallest absolute Gasteiger partial charge is 0.387 e. The molecule has 0 saturated carbocycles. The molecule has 0 aliphatic rings. The van der Waals surface area contributed by atoms with Crippen LogP contribution in [-0.4, -0.2) is 50.3 Å². The minimum absolute atomic E-state index is 0.102. The number of alkyl halides is 2. The van der Waals surface area contributed by atoms with E-state index in [1.807, 2.05) is 24.5 Å². The topological polar surface area (TPSA) is 67.9 Å². The highest BCUT2D eigenvalue weighted by Gasteiger charge is 2.13. The predicted octanol–water partition coefficient (Wildman–Crippen LogP) is 4.13. The van der Waals surface area contributed by atoms with Gasteiger partial charge < -0.3 is 19.7 Å². The maximum absolute atomic E-state index is 12.4. The molecular weight excluding hydrogens is 414 g/mol. The number of halogens is 2. The Morgan fingerprint density at radius 3 is 2.60 bits per heavy atom. The van der Waals surface area contributed by atoms with Crippen LogP contribution >= 0.6 is 11.8 Å². The molecule has 0 aliphatic carbocycles. The fourth-order valence-electron chi connectivity index (χ4n) is 2.51. The van der Waals surface area contributed by atoms with E-state index >= 15 is 0 Å². The largest absolute Gasteiger partial charge is 0.493 e. The van der Waals surface area contributed by atoms with Gasteiger partial charge in [0.25, 0.3) is 0 Å². The van der Waals surface area contributed by atoms with E-state index in [-0.39, 0.29) is 24.0 Å². The van der Waals surface area contributed by atoms with Gasteiger partial charge in [0, 0.05) is 18.0 Å². The van der Waals surface area contributed by atoms with Gasteiger partial charge in [0.1, 0.15) is 0 Å². The molecule has 6 nitrogen and oxygen atoms in total. The van der Waals surface area contributed by atoms with E-state index in [9.17, 15) is 18.4 Å². The normalized spacial score (nSPS) is 10.9. The lowest BCUT2D eigenvalue weighted by atomic mass is 10.2. The molecule has 0 fully saturated rings. The van der Waals surface area contributed by atoms with Gasteiger partial charge in [-0.1, -0.05) is 18.2 Å². The lowest BCUT2D eigenvalue weighted by Gasteiger charge is -2.16. The van der Waals surface area contributed by atoms with E-state index < -0.39 is 12.5 Å². The molecule has 0 aromatic heterocycles. The summed E-state index contributed by atoms with van der Waals surface area (Å²) in [5.74, 6) is -0.702. The zero-order valence-corrected chi connectivity index (χ0v) is 17.5. The highest BCUT2D eigenvalue weighted by molar-refractivity contribution is 7.98. The second-order valence-corrected chi connectivity index (χ2v) is 6.91. The fraction of sp³-hybridized carbons (Fsp3) is 0.238. The van der Waals surface area contributed by atoms with Crippen molar-refractivity contribution in [2.75, 3.05) is 32.3 Å². The zero-order valence-electron chi connectivity index (χ0n) is 16.7. The summed E-state index contributed by atoms with van der Waals surface area (Å²) in [6.07, 6.45) is 4.69. The highest BCUT2D eigenvalue weighted by atomic mass is 32.2. The minimum Gasteiger partial charge on any atom is -0.493 e. The standard InChI is InChI=1S/C21H22F2N2O4S/c1-25(13-19(26)24-15-6-4-5-7-18(15)30-3)20(27)11-9-14-8-10-16(29-21(22)23)17(12-14)28-2/h4-12,21H,13H2,1-3H3,(H,24,26)/b11-9+. The summed E-state index contributed by atoms with van der Waals surface area (Å²) in [7, 11) is 2.83. The van der Waals surface area contributed by atoms with Crippen molar-refractivity contribution in [3.8, 4) is 11.5 Å². The van der Waals surface area contributed by atoms with Crippen molar-refractivity contribution in [2.24, 2.45) is 0 Å². The number of hydrogen-bond donors (Lipinski definition) is 1. The predicted molar refractivity (Wildman–Crippen MR) is 113 cm³/mol. The SMILES string of the molecule is COc1cc(/C=C/C(=O)N(C)CC(=O)Nc2ccccc2SC)ccc1OC(F)F. The van der Waals surface area contributed by atoms with Crippen LogP contribution in [0.15, 0.2) is 53.4 Å². The summed E-state index contributed by atoms with van der Waals surface area (Å²) in [4.78, 5) is 26.7. The Labute approximate surface area is 177 Å². The number of nitrogens with one attached hydrogen (secondary N) is 1. The molecule has 2 amide bonds. The van der Waals surface area contributed by atoms with E-state index in [1.54, 1.807) is 6.07 Å². The Hall–Kier alpha value is -3.07. The number of thioether (sulfide) groups is 1. The summed E-state index contributed by atoms with van der Waals surface area (Å²) in [5, 5.41) is 2.79. The van der Waals surface area contributed by atoms with Gasteiger partial charge in [-0.2, -0.15) is 8.78 Å². The number of likely N-dealkylation sites (N-methyl/N-ethyl adjacent to an activating group) is 1. The molecule has 0 saturated heterocycles. The minimum atomic E-state index is -2.97. The molecule has 9 heteroatoms. The number of rotatable bonds is 9. The maximum atomic E-state index is 12.4. The van der Waals surface area contributed by atoms with Gasteiger partial charge in [0.15, 0.2) is 11.5 Å². The van der Waals surface area contributed by atoms with Gasteiger partial charge in [0.05, 0.1) is 19.3 Å². The maximum Gasteiger partial charge on any atom is 0.387 e. The van der Waals surface area contributed by atoms with E-state index in [2.05, 4.69) is 10.1 Å². The number of methoxy groups -OCH3 is 1. The third-order valence-electron chi connectivity index (χ3n) is 3.96. The zero-order chi connectivity index (χ0) is 22.1. The van der Waals surface area contributed by atoms with Crippen molar-refractivity contribution in [3.05, 3.63) is 54.1 Å². The molecule has 160 valence electrons. The van der Waals surface area contributed by atoms with Crippen LogP contribution in [0.1, 0.15) is 5.56 Å². The molecule has 30 heavy (non-hydrogen) atoms. The first-order chi connectivity index (χ1) is 14.3. The summed E-state index contributed by atoms with van der Waals surface area (Å²) in [6, 6.07) is 11.7. The van der Waals surface area contributed by atoms with Gasteiger partial charge in [-0.3, -0.25) is 9.59 Å². The first-order valence-corrected chi connectivity index (χ1v) is 10.1. The number of carbonyl (C=O) groups is 2. The van der Waals surface area contributed by atoms with Gasteiger partial charge in [-0.05, 0) is 42.2 Å². The first kappa shape index (κ1) is 23.2. The molecule has 0 radical (unpaired) electrons. The molecule has 0 heterocycles. The van der Waals surface area contributed by atoms with Crippen molar-refractivity contribution in [1.29, 1.82) is 0 Å². The monoisotopic (exact) mass is 436 g/mol. The number of amides is 2. The third-order valence-corrected chi connectivity index (χ3v) is 4.76. The third kappa shape index (κ3) is 6.77. The average molecular weight is 436 g/mol. The van der Waals surface area contributed by atoms with Crippen LogP contribution in [0.4, 0.5) is 14.5 Å². The summed E-state index contributed by atoms with van der Waals surface area (Å²) in [5.41, 5.74) is 1.23. The van der Waals surface area contributed by atoms with Crippen molar-refractivity contribution in [1.82, 2.24) is 4.90 Å². The number of para-hydroxylation sites is 1. The van der Waals surface area contributed by atoms with E-state index in [0.29, 0.717) is 11.3 Å². The molecule has 2 rings (SSSR count). The van der Waals surface area contributed by atoms with Crippen LogP contribution in [0.3, 0.4) is 0 Å². The van der Waals surface area contributed by atoms with Crippen LogP contribution in [0, 0.1) is 0 Å². The Morgan fingerprint density at radius 2 is 1.93 bits per heavy atom. The van der Waals surface area contributed by atoms with Crippen LogP contribution in [0.25, 0.3) is 6.08 Å². The molecule has 0 spiro atoms. The molecule has 2 aromatic carbocycles. The number of benzene rings is 2. The number of ether oxygens (including phenoxy) is 2. The summed E-state index contributed by atoms with van der Waals surface area (Å²) in [6.45, 7) is -3.10. The number of anilines is 1. The Kier molecular flexibility index (Phi) is 8.67. The molecular formula is C21H22F2N2O4S. The number of nitrogens with zero attached hydrogens (tertiary/aromatic N) is 1. The lowest BCUT2D eigenvalue weighted by molar-refractivity contribution is -0.129. The molecule has 1 N–H and O–H groups in total. The second kappa shape index (κ2) is 11.2. The first-order valence-electron chi connectivity index (χ1n) is 8.83. The molecule has 0 atom stereocenters. The van der Waals surface area contributed by atoms with E-state index in [0.717, 1.165) is 4.90 Å². The van der Waals surface area contributed by atoms with Crippen LogP contribution < -0.4 is 14.8 Å². The number of hydrogen-bond acceptors (Lipinski definition) is 5. The Morgan fingerprint density at radius 1 is 1.20 bits per heavy atom. The summed E-state index contributed by atoms with van der Waals surface area (Å²) >= 11 is 1.51. The fourth-order valence-corrected chi connectivity index (χ4v) is 3.06. The van der Waals surface area contributed by atoms with Gasteiger partial charge in [-0.15, -0.1) is 11.8 Å². The van der Waals surface area contributed by atoms with E-state index in [4.69, 9.17) is 4.74 Å².